The Morgan fingerprint density at radius 2 is 1.65 bits per heavy atom. The van der Waals surface area contributed by atoms with Crippen LogP contribution < -0.4 is 4.90 Å². The van der Waals surface area contributed by atoms with Crippen molar-refractivity contribution in [2.24, 2.45) is 0 Å². The highest BCUT2D eigenvalue weighted by Crippen LogP contribution is 2.35. The summed E-state index contributed by atoms with van der Waals surface area (Å²) in [7, 11) is 0. The summed E-state index contributed by atoms with van der Waals surface area (Å²) in [4.78, 5) is 44.6. The number of anilines is 1. The van der Waals surface area contributed by atoms with E-state index in [-0.39, 0.29) is 29.8 Å². The average molecular weight is 467 g/mol. The van der Waals surface area contributed by atoms with E-state index < -0.39 is 29.3 Å². The number of morpholine rings is 1. The van der Waals surface area contributed by atoms with Gasteiger partial charge in [0.25, 0.3) is 5.78 Å². The first-order valence-electron chi connectivity index (χ1n) is 11.2. The lowest BCUT2D eigenvalue weighted by molar-refractivity contribution is -0.139. The zero-order valence-electron chi connectivity index (χ0n) is 18.9. The van der Waals surface area contributed by atoms with Gasteiger partial charge in [-0.1, -0.05) is 18.2 Å². The number of ether oxygens (including phenoxy) is 1. The smallest absolute Gasteiger partial charge is 0.331 e. The van der Waals surface area contributed by atoms with Crippen LogP contribution in [-0.4, -0.2) is 78.6 Å². The molecule has 2 heterocycles. The minimum atomic E-state index is -1.02. The number of ketones is 1. The SMILES string of the molecule is CCN1C(=O)N(CCN2CCOCC2)C(=O)C(=O)C(=C(O)c2ccc(F)cc2)c2ccccc21. The Morgan fingerprint density at radius 3 is 2.32 bits per heavy atom. The van der Waals surface area contributed by atoms with Gasteiger partial charge in [0, 0.05) is 43.9 Å². The van der Waals surface area contributed by atoms with E-state index in [9.17, 15) is 23.9 Å². The van der Waals surface area contributed by atoms with E-state index in [0.29, 0.717) is 38.5 Å². The number of benzene rings is 2. The van der Waals surface area contributed by atoms with Gasteiger partial charge in [-0.15, -0.1) is 0 Å². The number of aliphatic hydroxyl groups is 1. The Morgan fingerprint density at radius 1 is 0.971 bits per heavy atom. The number of para-hydroxylation sites is 1. The second-order valence-electron chi connectivity index (χ2n) is 8.01. The number of carbonyl (C=O) groups excluding carboxylic acids is 3. The van der Waals surface area contributed by atoms with Crippen molar-refractivity contribution in [1.29, 1.82) is 0 Å². The van der Waals surface area contributed by atoms with Gasteiger partial charge >= 0.3 is 11.9 Å². The molecule has 0 aromatic heterocycles. The van der Waals surface area contributed by atoms with Gasteiger partial charge in [-0.05, 0) is 37.3 Å². The van der Waals surface area contributed by atoms with E-state index in [2.05, 4.69) is 4.90 Å². The quantitative estimate of drug-likeness (QED) is 0.413. The van der Waals surface area contributed by atoms with Crippen molar-refractivity contribution >= 4 is 34.7 Å². The fraction of sp³-hybridized carbons (Fsp3) is 0.320. The highest BCUT2D eigenvalue weighted by Gasteiger charge is 2.39. The predicted molar refractivity (Wildman–Crippen MR) is 125 cm³/mol. The maximum Gasteiger partial charge on any atom is 0.331 e. The number of hydrogen-bond acceptors (Lipinski definition) is 6. The molecule has 0 saturated carbocycles. The number of halogens is 1. The van der Waals surface area contributed by atoms with E-state index in [1.165, 1.54) is 17.0 Å². The first kappa shape index (κ1) is 23.6. The predicted octanol–water partition coefficient (Wildman–Crippen LogP) is 2.94. The van der Waals surface area contributed by atoms with Crippen LogP contribution in [0.2, 0.25) is 0 Å². The normalized spacial score (nSPS) is 19.1. The fourth-order valence-electron chi connectivity index (χ4n) is 4.16. The third-order valence-electron chi connectivity index (χ3n) is 6.01. The summed E-state index contributed by atoms with van der Waals surface area (Å²) < 4.78 is 18.8. The summed E-state index contributed by atoms with van der Waals surface area (Å²) in [6, 6.07) is 11.0. The van der Waals surface area contributed by atoms with Crippen LogP contribution in [0, 0.1) is 5.82 Å². The summed E-state index contributed by atoms with van der Waals surface area (Å²) in [5.41, 5.74) is 0.610. The lowest BCUT2D eigenvalue weighted by Crippen LogP contribution is -2.53. The Hall–Kier alpha value is -3.56. The molecule has 2 aromatic rings. The summed E-state index contributed by atoms with van der Waals surface area (Å²) in [5.74, 6) is -2.97. The van der Waals surface area contributed by atoms with Gasteiger partial charge < -0.3 is 9.84 Å². The van der Waals surface area contributed by atoms with Crippen LogP contribution in [-0.2, 0) is 14.3 Å². The van der Waals surface area contributed by atoms with Gasteiger partial charge in [0.15, 0.2) is 0 Å². The van der Waals surface area contributed by atoms with Gasteiger partial charge in [-0.25, -0.2) is 9.18 Å². The van der Waals surface area contributed by atoms with Gasteiger partial charge in [-0.3, -0.25) is 24.3 Å². The third-order valence-corrected chi connectivity index (χ3v) is 6.01. The second kappa shape index (κ2) is 10.1. The molecule has 9 heteroatoms. The van der Waals surface area contributed by atoms with E-state index >= 15 is 0 Å². The highest BCUT2D eigenvalue weighted by molar-refractivity contribution is 6.57. The van der Waals surface area contributed by atoms with Crippen molar-refractivity contribution in [2.75, 3.05) is 50.8 Å². The number of nitrogens with zero attached hydrogens (tertiary/aromatic N) is 3. The van der Waals surface area contributed by atoms with Crippen molar-refractivity contribution in [3.05, 3.63) is 65.5 Å². The molecule has 1 N–H and O–H groups in total. The molecule has 178 valence electrons. The van der Waals surface area contributed by atoms with Crippen molar-refractivity contribution in [3.63, 3.8) is 0 Å². The van der Waals surface area contributed by atoms with E-state index in [4.69, 9.17) is 4.74 Å². The zero-order valence-corrected chi connectivity index (χ0v) is 18.9. The number of hydrogen-bond donors (Lipinski definition) is 1. The number of aliphatic hydroxyl groups excluding tert-OH is 1. The molecule has 0 radical (unpaired) electrons. The molecule has 4 rings (SSSR count). The molecule has 34 heavy (non-hydrogen) atoms. The first-order valence-corrected chi connectivity index (χ1v) is 11.2. The number of imide groups is 1. The number of urea groups is 1. The molecule has 2 aliphatic rings. The largest absolute Gasteiger partial charge is 0.507 e. The molecule has 1 fully saturated rings. The van der Waals surface area contributed by atoms with Crippen LogP contribution in [0.25, 0.3) is 11.3 Å². The summed E-state index contributed by atoms with van der Waals surface area (Å²) >= 11 is 0. The van der Waals surface area contributed by atoms with E-state index in [1.807, 2.05) is 0 Å². The molecule has 0 spiro atoms. The minimum absolute atomic E-state index is 0.0205. The van der Waals surface area contributed by atoms with Crippen molar-refractivity contribution < 1.29 is 28.6 Å². The van der Waals surface area contributed by atoms with Crippen molar-refractivity contribution in [2.45, 2.75) is 6.92 Å². The summed E-state index contributed by atoms with van der Waals surface area (Å²) in [6.45, 7) is 4.90. The Balaban J connectivity index is 1.80. The molecule has 2 aromatic carbocycles. The summed E-state index contributed by atoms with van der Waals surface area (Å²) in [6.07, 6.45) is 0. The van der Waals surface area contributed by atoms with Crippen LogP contribution >= 0.6 is 0 Å². The molecule has 8 nitrogen and oxygen atoms in total. The lowest BCUT2D eigenvalue weighted by Gasteiger charge is -2.34. The Kier molecular flexibility index (Phi) is 7.04. The molecule has 3 amide bonds. The number of rotatable bonds is 5. The third kappa shape index (κ3) is 4.57. The van der Waals surface area contributed by atoms with Gasteiger partial charge in [0.05, 0.1) is 24.5 Å². The molecule has 0 atom stereocenters. The number of fused-ring (bicyclic) bond motifs is 1. The molecule has 0 unspecified atom stereocenters. The van der Waals surface area contributed by atoms with Gasteiger partial charge in [-0.2, -0.15) is 0 Å². The fourth-order valence-corrected chi connectivity index (χ4v) is 4.16. The van der Waals surface area contributed by atoms with Crippen molar-refractivity contribution in [1.82, 2.24) is 9.80 Å². The molecule has 0 aliphatic carbocycles. The lowest BCUT2D eigenvalue weighted by atomic mass is 9.93. The average Bonchev–Trinajstić information content (AvgIpc) is 2.86. The number of Topliss-reactive ketones (excluding diaryl/α,β-unsaturated/α-hetero) is 1. The van der Waals surface area contributed by atoms with Crippen LogP contribution in [0.1, 0.15) is 18.1 Å². The topological polar surface area (TPSA) is 90.4 Å². The maximum atomic E-state index is 13.5. The van der Waals surface area contributed by atoms with E-state index in [1.54, 1.807) is 31.2 Å². The summed E-state index contributed by atoms with van der Waals surface area (Å²) in [5, 5.41) is 11.1. The van der Waals surface area contributed by atoms with Gasteiger partial charge in [0.2, 0.25) is 0 Å². The van der Waals surface area contributed by atoms with Gasteiger partial charge in [0.1, 0.15) is 11.6 Å². The minimum Gasteiger partial charge on any atom is -0.507 e. The number of amides is 3. The number of carbonyl (C=O) groups is 3. The molecule has 1 saturated heterocycles. The van der Waals surface area contributed by atoms with Crippen LogP contribution in [0.5, 0.6) is 0 Å². The van der Waals surface area contributed by atoms with E-state index in [0.717, 1.165) is 17.0 Å². The molecular weight excluding hydrogens is 441 g/mol. The monoisotopic (exact) mass is 467 g/mol. The Bertz CT molecular complexity index is 1130. The van der Waals surface area contributed by atoms with Crippen LogP contribution in [0.4, 0.5) is 14.9 Å². The maximum absolute atomic E-state index is 13.5. The first-order chi connectivity index (χ1) is 16.4. The molecule has 0 bridgehead atoms. The molecule has 2 aliphatic heterocycles. The highest BCUT2D eigenvalue weighted by atomic mass is 19.1. The van der Waals surface area contributed by atoms with Crippen molar-refractivity contribution in [3.8, 4) is 0 Å². The molecular formula is C25H26FN3O5. The van der Waals surface area contributed by atoms with Crippen LogP contribution in [0.3, 0.4) is 0 Å². The zero-order chi connectivity index (χ0) is 24.2. The Labute approximate surface area is 196 Å². The van der Waals surface area contributed by atoms with Crippen LogP contribution in [0.15, 0.2) is 48.5 Å². The second-order valence-corrected chi connectivity index (χ2v) is 8.01. The standard InChI is InChI=1S/C25H26FN3O5/c1-2-28-20-6-4-3-5-19(20)21(22(30)17-7-9-18(26)10-8-17)23(31)24(32)29(25(28)33)12-11-27-13-15-34-16-14-27/h3-10,30H,2,11-16H2,1H3.